The van der Waals surface area contributed by atoms with Gasteiger partial charge in [-0.05, 0) is 64.0 Å². The van der Waals surface area contributed by atoms with Crippen LogP contribution in [-0.2, 0) is 0 Å². The highest BCUT2D eigenvalue weighted by atomic mass is 19.1. The first-order valence-corrected chi connectivity index (χ1v) is 9.74. The smallest absolute Gasteiger partial charge is 0.317 e. The van der Waals surface area contributed by atoms with Crippen LogP contribution in [0.4, 0.5) is 14.9 Å². The molecule has 0 saturated carbocycles. The molecule has 5 nitrogen and oxygen atoms in total. The zero-order valence-corrected chi connectivity index (χ0v) is 16.0. The highest BCUT2D eigenvalue weighted by molar-refractivity contribution is 5.74. The Morgan fingerprint density at radius 3 is 2.23 bits per heavy atom. The van der Waals surface area contributed by atoms with Gasteiger partial charge in [0.1, 0.15) is 5.82 Å². The second kappa shape index (κ2) is 8.25. The number of amides is 2. The van der Waals surface area contributed by atoms with Crippen LogP contribution in [0.5, 0.6) is 0 Å². The van der Waals surface area contributed by atoms with Crippen molar-refractivity contribution in [1.29, 1.82) is 0 Å². The van der Waals surface area contributed by atoms with Gasteiger partial charge in [-0.15, -0.1) is 0 Å². The number of nitrogens with zero attached hydrogens (tertiary/aromatic N) is 3. The molecule has 2 fully saturated rings. The predicted molar refractivity (Wildman–Crippen MR) is 103 cm³/mol. The normalized spacial score (nSPS) is 19.5. The van der Waals surface area contributed by atoms with Crippen molar-refractivity contribution in [3.63, 3.8) is 0 Å². The van der Waals surface area contributed by atoms with Gasteiger partial charge in [0.15, 0.2) is 0 Å². The summed E-state index contributed by atoms with van der Waals surface area (Å²) in [4.78, 5) is 19.1. The minimum atomic E-state index is -0.219. The number of halogens is 1. The van der Waals surface area contributed by atoms with E-state index in [-0.39, 0.29) is 17.4 Å². The maximum Gasteiger partial charge on any atom is 0.317 e. The standard InChI is InChI=1S/C20H31FN4O/c1-20(2,25-10-4-3-5-11-25)16-22-19(26)24-14-12-23(13-15-24)18-8-6-17(21)7-9-18/h6-9H,3-5,10-16H2,1-2H3,(H,22,26). The predicted octanol–water partition coefficient (Wildman–Crippen LogP) is 2.92. The number of benzene rings is 1. The number of urea groups is 1. The Morgan fingerprint density at radius 2 is 1.62 bits per heavy atom. The van der Waals surface area contributed by atoms with Crippen molar-refractivity contribution in [1.82, 2.24) is 15.1 Å². The number of carbonyl (C=O) groups is 1. The van der Waals surface area contributed by atoms with E-state index >= 15 is 0 Å². The van der Waals surface area contributed by atoms with Crippen molar-refractivity contribution < 1.29 is 9.18 Å². The summed E-state index contributed by atoms with van der Waals surface area (Å²) in [5.41, 5.74) is 1.00. The highest BCUT2D eigenvalue weighted by Crippen LogP contribution is 2.20. The van der Waals surface area contributed by atoms with Gasteiger partial charge in [0, 0.05) is 44.0 Å². The van der Waals surface area contributed by atoms with Gasteiger partial charge in [-0.25, -0.2) is 9.18 Å². The Bertz CT molecular complexity index is 590. The first kappa shape index (κ1) is 19.0. The molecule has 2 aliphatic heterocycles. The monoisotopic (exact) mass is 362 g/mol. The van der Waals surface area contributed by atoms with Crippen LogP contribution in [0.25, 0.3) is 0 Å². The van der Waals surface area contributed by atoms with E-state index < -0.39 is 0 Å². The summed E-state index contributed by atoms with van der Waals surface area (Å²) < 4.78 is 13.1. The molecule has 0 radical (unpaired) electrons. The number of anilines is 1. The van der Waals surface area contributed by atoms with Crippen molar-refractivity contribution in [2.24, 2.45) is 0 Å². The third kappa shape index (κ3) is 4.67. The van der Waals surface area contributed by atoms with Crippen LogP contribution in [-0.4, -0.2) is 67.2 Å². The summed E-state index contributed by atoms with van der Waals surface area (Å²) >= 11 is 0. The molecule has 0 spiro atoms. The molecule has 6 heteroatoms. The topological polar surface area (TPSA) is 38.8 Å². The van der Waals surface area contributed by atoms with Crippen molar-refractivity contribution in [3.05, 3.63) is 30.1 Å². The van der Waals surface area contributed by atoms with Gasteiger partial charge in [0.25, 0.3) is 0 Å². The molecule has 0 aliphatic carbocycles. The third-order valence-electron chi connectivity index (χ3n) is 5.64. The number of piperidine rings is 1. The molecule has 2 heterocycles. The summed E-state index contributed by atoms with van der Waals surface area (Å²) in [5.74, 6) is -0.219. The van der Waals surface area contributed by atoms with Crippen molar-refractivity contribution in [2.45, 2.75) is 38.6 Å². The van der Waals surface area contributed by atoms with Gasteiger partial charge < -0.3 is 15.1 Å². The minimum Gasteiger partial charge on any atom is -0.368 e. The van der Waals surface area contributed by atoms with Gasteiger partial charge in [-0.1, -0.05) is 6.42 Å². The van der Waals surface area contributed by atoms with E-state index in [0.717, 1.165) is 31.9 Å². The van der Waals surface area contributed by atoms with Crippen LogP contribution in [0.15, 0.2) is 24.3 Å². The fraction of sp³-hybridized carbons (Fsp3) is 0.650. The van der Waals surface area contributed by atoms with E-state index in [1.165, 1.54) is 31.4 Å². The fourth-order valence-electron chi connectivity index (χ4n) is 3.83. The Hall–Kier alpha value is -1.82. The molecule has 2 aliphatic rings. The molecule has 1 N–H and O–H groups in total. The molecule has 26 heavy (non-hydrogen) atoms. The molecule has 1 aromatic carbocycles. The summed E-state index contributed by atoms with van der Waals surface area (Å²) in [6, 6.07) is 6.58. The Kier molecular flexibility index (Phi) is 6.01. The summed E-state index contributed by atoms with van der Waals surface area (Å²) in [5, 5.41) is 3.13. The number of hydrogen-bond donors (Lipinski definition) is 1. The van der Waals surface area contributed by atoms with Crippen LogP contribution < -0.4 is 10.2 Å². The zero-order valence-electron chi connectivity index (χ0n) is 16.0. The molecule has 3 rings (SSSR count). The molecule has 0 unspecified atom stereocenters. The maximum atomic E-state index is 13.1. The first-order chi connectivity index (χ1) is 12.5. The highest BCUT2D eigenvalue weighted by Gasteiger charge is 2.29. The number of hydrogen-bond acceptors (Lipinski definition) is 3. The quantitative estimate of drug-likeness (QED) is 0.895. The molecule has 0 bridgehead atoms. The van der Waals surface area contributed by atoms with Crippen LogP contribution >= 0.6 is 0 Å². The van der Waals surface area contributed by atoms with Gasteiger partial charge >= 0.3 is 6.03 Å². The van der Waals surface area contributed by atoms with Crippen LogP contribution in [0, 0.1) is 5.82 Å². The SMILES string of the molecule is CC(C)(CNC(=O)N1CCN(c2ccc(F)cc2)CC1)N1CCCCC1. The molecule has 2 saturated heterocycles. The molecule has 0 atom stereocenters. The largest absolute Gasteiger partial charge is 0.368 e. The van der Waals surface area contributed by atoms with E-state index in [9.17, 15) is 9.18 Å². The lowest BCUT2D eigenvalue weighted by molar-refractivity contribution is 0.0937. The van der Waals surface area contributed by atoms with Crippen LogP contribution in [0.3, 0.4) is 0 Å². The number of nitrogens with one attached hydrogen (secondary N) is 1. The molecule has 0 aromatic heterocycles. The summed E-state index contributed by atoms with van der Waals surface area (Å²) in [7, 11) is 0. The third-order valence-corrected chi connectivity index (χ3v) is 5.64. The van der Waals surface area contributed by atoms with Crippen molar-refractivity contribution in [3.8, 4) is 0 Å². The molecule has 2 amide bonds. The second-order valence-electron chi connectivity index (χ2n) is 7.97. The summed E-state index contributed by atoms with van der Waals surface area (Å²) in [6.45, 7) is 10.3. The number of piperazine rings is 1. The fourth-order valence-corrected chi connectivity index (χ4v) is 3.83. The number of rotatable bonds is 4. The van der Waals surface area contributed by atoms with E-state index in [1.807, 2.05) is 4.90 Å². The minimum absolute atomic E-state index is 0.00792. The van der Waals surface area contributed by atoms with Crippen LogP contribution in [0.1, 0.15) is 33.1 Å². The maximum absolute atomic E-state index is 13.1. The Labute approximate surface area is 156 Å². The lowest BCUT2D eigenvalue weighted by atomic mass is 9.98. The van der Waals surface area contributed by atoms with Gasteiger partial charge in [0.2, 0.25) is 0 Å². The molecule has 144 valence electrons. The number of carbonyl (C=O) groups excluding carboxylic acids is 1. The summed E-state index contributed by atoms with van der Waals surface area (Å²) in [6.07, 6.45) is 3.82. The molecule has 1 aromatic rings. The average molecular weight is 362 g/mol. The van der Waals surface area contributed by atoms with E-state index in [0.29, 0.717) is 19.6 Å². The number of likely N-dealkylation sites (tertiary alicyclic amines) is 1. The second-order valence-corrected chi connectivity index (χ2v) is 7.97. The van der Waals surface area contributed by atoms with Gasteiger partial charge in [-0.2, -0.15) is 0 Å². The van der Waals surface area contributed by atoms with Crippen LogP contribution in [0.2, 0.25) is 0 Å². The van der Waals surface area contributed by atoms with E-state index in [4.69, 9.17) is 0 Å². The van der Waals surface area contributed by atoms with Gasteiger partial charge in [-0.3, -0.25) is 4.90 Å². The lowest BCUT2D eigenvalue weighted by Gasteiger charge is -2.42. The Morgan fingerprint density at radius 1 is 1.00 bits per heavy atom. The lowest BCUT2D eigenvalue weighted by Crippen LogP contribution is -2.57. The average Bonchev–Trinajstić information content (AvgIpc) is 2.68. The van der Waals surface area contributed by atoms with E-state index in [2.05, 4.69) is 29.0 Å². The van der Waals surface area contributed by atoms with Gasteiger partial charge in [0.05, 0.1) is 0 Å². The van der Waals surface area contributed by atoms with Crippen molar-refractivity contribution in [2.75, 3.05) is 50.7 Å². The van der Waals surface area contributed by atoms with Crippen molar-refractivity contribution >= 4 is 11.7 Å². The zero-order chi connectivity index (χ0) is 18.6. The molecular formula is C20H31FN4O. The molecular weight excluding hydrogens is 331 g/mol. The first-order valence-electron chi connectivity index (χ1n) is 9.74. The van der Waals surface area contributed by atoms with E-state index in [1.54, 1.807) is 12.1 Å². The Balaban J connectivity index is 1.45.